The van der Waals surface area contributed by atoms with E-state index in [2.05, 4.69) is 15.9 Å². The van der Waals surface area contributed by atoms with Crippen molar-refractivity contribution < 1.29 is 18.7 Å². The molecule has 1 aliphatic rings. The number of hydrogen-bond donors (Lipinski definition) is 2. The minimum atomic E-state index is -1.32. The predicted molar refractivity (Wildman–Crippen MR) is 75.5 cm³/mol. The highest BCUT2D eigenvalue weighted by molar-refractivity contribution is 9.10. The highest BCUT2D eigenvalue weighted by atomic mass is 79.9. The standard InChI is InChI=1S/C13H9BrF2N2O3/c14-8-9(15)10(16)11(17)7-6(19)3-5(13(20)21)18(12(7)8)4-1-2-4/h3-4H,1-2,17H2,(H,20,21). The van der Waals surface area contributed by atoms with Crippen molar-refractivity contribution in [2.75, 3.05) is 5.73 Å². The number of carboxylic acid groups (broad SMARTS) is 1. The largest absolute Gasteiger partial charge is 0.477 e. The fourth-order valence-corrected chi connectivity index (χ4v) is 2.97. The summed E-state index contributed by atoms with van der Waals surface area (Å²) in [5.74, 6) is -3.87. The number of carboxylic acids is 1. The first-order chi connectivity index (χ1) is 9.84. The fourth-order valence-electron chi connectivity index (χ4n) is 2.40. The van der Waals surface area contributed by atoms with Crippen molar-refractivity contribution >= 4 is 38.5 Å². The Morgan fingerprint density at radius 3 is 2.52 bits per heavy atom. The monoisotopic (exact) mass is 358 g/mol. The van der Waals surface area contributed by atoms with Gasteiger partial charge in [-0.1, -0.05) is 0 Å². The number of halogens is 3. The summed E-state index contributed by atoms with van der Waals surface area (Å²) in [6, 6.07) is 0.725. The molecule has 3 N–H and O–H groups in total. The Morgan fingerprint density at radius 1 is 1.38 bits per heavy atom. The average Bonchev–Trinajstić information content (AvgIpc) is 3.25. The molecule has 0 aliphatic heterocycles. The number of nitrogens with two attached hydrogens (primary N) is 1. The maximum atomic E-state index is 13.9. The summed E-state index contributed by atoms with van der Waals surface area (Å²) in [7, 11) is 0. The van der Waals surface area contributed by atoms with Crippen molar-refractivity contribution in [2.45, 2.75) is 18.9 Å². The van der Waals surface area contributed by atoms with E-state index in [1.165, 1.54) is 4.57 Å². The molecule has 0 saturated heterocycles. The number of anilines is 1. The minimum Gasteiger partial charge on any atom is -0.477 e. The molecule has 0 bridgehead atoms. The molecule has 0 unspecified atom stereocenters. The normalized spacial score (nSPS) is 14.6. The number of hydrogen-bond acceptors (Lipinski definition) is 3. The molecule has 1 fully saturated rings. The SMILES string of the molecule is Nc1c(F)c(F)c(Br)c2c1c(=O)cc(C(=O)O)n2C1CC1. The van der Waals surface area contributed by atoms with Crippen LogP contribution in [0.5, 0.6) is 0 Å². The van der Waals surface area contributed by atoms with Gasteiger partial charge in [-0.05, 0) is 28.8 Å². The van der Waals surface area contributed by atoms with E-state index in [4.69, 9.17) is 5.73 Å². The number of nitrogens with zero attached hydrogens (tertiary/aromatic N) is 1. The van der Waals surface area contributed by atoms with Crippen LogP contribution in [0.25, 0.3) is 10.9 Å². The van der Waals surface area contributed by atoms with Gasteiger partial charge in [0.05, 0.1) is 21.1 Å². The highest BCUT2D eigenvalue weighted by Gasteiger charge is 2.32. The van der Waals surface area contributed by atoms with E-state index in [1.54, 1.807) is 0 Å². The van der Waals surface area contributed by atoms with E-state index < -0.39 is 28.7 Å². The van der Waals surface area contributed by atoms with E-state index in [0.717, 1.165) is 6.07 Å². The van der Waals surface area contributed by atoms with Crippen LogP contribution in [-0.4, -0.2) is 15.6 Å². The van der Waals surface area contributed by atoms with Gasteiger partial charge in [-0.3, -0.25) is 4.79 Å². The molecule has 1 heterocycles. The van der Waals surface area contributed by atoms with Crippen LogP contribution in [0.15, 0.2) is 15.3 Å². The molecule has 1 saturated carbocycles. The van der Waals surface area contributed by atoms with Crippen molar-refractivity contribution in [1.82, 2.24) is 4.57 Å². The third-order valence-corrected chi connectivity index (χ3v) is 4.21. The first-order valence-electron chi connectivity index (χ1n) is 6.09. The topological polar surface area (TPSA) is 85.3 Å². The van der Waals surface area contributed by atoms with Crippen LogP contribution in [0, 0.1) is 11.6 Å². The molecule has 8 heteroatoms. The average molecular weight is 359 g/mol. The van der Waals surface area contributed by atoms with Crippen molar-refractivity contribution in [3.63, 3.8) is 0 Å². The number of aromatic nitrogens is 1. The molecule has 1 aromatic carbocycles. The second kappa shape index (κ2) is 4.52. The quantitative estimate of drug-likeness (QED) is 0.638. The number of aromatic carboxylic acids is 1. The van der Waals surface area contributed by atoms with Crippen molar-refractivity contribution in [2.24, 2.45) is 0 Å². The Bertz CT molecular complexity index is 859. The number of nitrogen functional groups attached to an aromatic ring is 1. The minimum absolute atomic E-state index is 0.0150. The molecule has 0 radical (unpaired) electrons. The molecule has 1 aliphatic carbocycles. The number of benzene rings is 1. The zero-order valence-electron chi connectivity index (χ0n) is 10.5. The highest BCUT2D eigenvalue weighted by Crippen LogP contribution is 2.42. The van der Waals surface area contributed by atoms with E-state index in [1.807, 2.05) is 0 Å². The zero-order chi connectivity index (χ0) is 15.5. The van der Waals surface area contributed by atoms with Crippen molar-refractivity contribution in [3.05, 3.63) is 38.1 Å². The van der Waals surface area contributed by atoms with Gasteiger partial charge in [0.1, 0.15) is 5.69 Å². The Labute approximate surface area is 125 Å². The Morgan fingerprint density at radius 2 is 2.00 bits per heavy atom. The lowest BCUT2D eigenvalue weighted by atomic mass is 10.1. The first kappa shape index (κ1) is 14.0. The van der Waals surface area contributed by atoms with Gasteiger partial charge in [0.25, 0.3) is 0 Å². The molecule has 0 atom stereocenters. The summed E-state index contributed by atoms with van der Waals surface area (Å²) in [6.07, 6.45) is 1.40. The molecule has 1 aromatic heterocycles. The molecule has 110 valence electrons. The van der Waals surface area contributed by atoms with Crippen LogP contribution in [0.3, 0.4) is 0 Å². The molecule has 0 amide bonds. The summed E-state index contributed by atoms with van der Waals surface area (Å²) in [5, 5.41) is 9.03. The van der Waals surface area contributed by atoms with Gasteiger partial charge in [0, 0.05) is 12.1 Å². The lowest BCUT2D eigenvalue weighted by Crippen LogP contribution is -2.20. The smallest absolute Gasteiger partial charge is 0.352 e. The van der Waals surface area contributed by atoms with Crippen LogP contribution in [0.2, 0.25) is 0 Å². The third kappa shape index (κ3) is 1.93. The summed E-state index contributed by atoms with van der Waals surface area (Å²) in [6.45, 7) is 0. The summed E-state index contributed by atoms with van der Waals surface area (Å²) in [5.41, 5.74) is 3.87. The van der Waals surface area contributed by atoms with Gasteiger partial charge >= 0.3 is 5.97 Å². The number of rotatable bonds is 2. The molecular weight excluding hydrogens is 350 g/mol. The van der Waals surface area contributed by atoms with Crippen molar-refractivity contribution in [1.29, 1.82) is 0 Å². The van der Waals surface area contributed by atoms with E-state index in [-0.39, 0.29) is 27.1 Å². The summed E-state index contributed by atoms with van der Waals surface area (Å²) in [4.78, 5) is 23.4. The number of pyridine rings is 1. The molecule has 3 rings (SSSR count). The maximum Gasteiger partial charge on any atom is 0.352 e. The molecule has 21 heavy (non-hydrogen) atoms. The van der Waals surface area contributed by atoms with E-state index in [0.29, 0.717) is 12.8 Å². The molecule has 5 nitrogen and oxygen atoms in total. The van der Waals surface area contributed by atoms with Gasteiger partial charge in [-0.25, -0.2) is 13.6 Å². The second-order valence-corrected chi connectivity index (χ2v) is 5.67. The van der Waals surface area contributed by atoms with Gasteiger partial charge in [0.2, 0.25) is 0 Å². The Hall–Kier alpha value is -1.96. The van der Waals surface area contributed by atoms with Gasteiger partial charge in [-0.2, -0.15) is 0 Å². The Kier molecular flexibility index (Phi) is 3.01. The summed E-state index contributed by atoms with van der Waals surface area (Å²) >= 11 is 2.91. The first-order valence-corrected chi connectivity index (χ1v) is 6.88. The summed E-state index contributed by atoms with van der Waals surface area (Å²) < 4.78 is 28.6. The fraction of sp³-hybridized carbons (Fsp3) is 0.231. The number of carbonyl (C=O) groups is 1. The zero-order valence-corrected chi connectivity index (χ0v) is 12.1. The molecule has 2 aromatic rings. The van der Waals surface area contributed by atoms with Crippen LogP contribution in [0.4, 0.5) is 14.5 Å². The predicted octanol–water partition coefficient (Wildman–Crippen LogP) is 2.66. The molecular formula is C13H9BrF2N2O3. The lowest BCUT2D eigenvalue weighted by Gasteiger charge is -2.17. The van der Waals surface area contributed by atoms with E-state index >= 15 is 0 Å². The van der Waals surface area contributed by atoms with Crippen LogP contribution < -0.4 is 11.2 Å². The van der Waals surface area contributed by atoms with Crippen molar-refractivity contribution in [3.8, 4) is 0 Å². The van der Waals surface area contributed by atoms with Crippen LogP contribution >= 0.6 is 15.9 Å². The third-order valence-electron chi connectivity index (χ3n) is 3.48. The second-order valence-electron chi connectivity index (χ2n) is 4.88. The van der Waals surface area contributed by atoms with E-state index in [9.17, 15) is 23.5 Å². The number of fused-ring (bicyclic) bond motifs is 1. The van der Waals surface area contributed by atoms with Gasteiger partial charge in [0.15, 0.2) is 17.1 Å². The lowest BCUT2D eigenvalue weighted by molar-refractivity contribution is 0.0684. The van der Waals surface area contributed by atoms with Gasteiger partial charge < -0.3 is 15.4 Å². The molecule has 0 spiro atoms. The Balaban J connectivity index is 2.61. The maximum absolute atomic E-state index is 13.9. The van der Waals surface area contributed by atoms with Crippen LogP contribution in [0.1, 0.15) is 29.4 Å². The van der Waals surface area contributed by atoms with Gasteiger partial charge in [-0.15, -0.1) is 0 Å². The van der Waals surface area contributed by atoms with Crippen LogP contribution in [-0.2, 0) is 0 Å².